The van der Waals surface area contributed by atoms with Crippen molar-refractivity contribution >= 4 is 15.8 Å². The van der Waals surface area contributed by atoms with Gasteiger partial charge in [0, 0.05) is 25.4 Å². The number of methoxy groups -OCH3 is 1. The van der Waals surface area contributed by atoms with E-state index >= 15 is 0 Å². The minimum Gasteiger partial charge on any atom is -0.481 e. The third-order valence-corrected chi connectivity index (χ3v) is 5.37. The van der Waals surface area contributed by atoms with E-state index in [0.717, 1.165) is 11.5 Å². The van der Waals surface area contributed by atoms with Crippen molar-refractivity contribution in [3.8, 4) is 5.88 Å². The Kier molecular flexibility index (Phi) is 4.67. The fourth-order valence-corrected chi connectivity index (χ4v) is 3.31. The molecule has 0 unspecified atom stereocenters. The molecular formula is C14H20N6O3S. The number of aromatic nitrogens is 4. The molecule has 0 fully saturated rings. The molecule has 0 bridgehead atoms. The van der Waals surface area contributed by atoms with E-state index in [9.17, 15) is 8.42 Å². The van der Waals surface area contributed by atoms with Gasteiger partial charge in [-0.3, -0.25) is 0 Å². The van der Waals surface area contributed by atoms with Crippen LogP contribution in [0.25, 0.3) is 0 Å². The average molecular weight is 352 g/mol. The highest BCUT2D eigenvalue weighted by atomic mass is 32.2. The minimum atomic E-state index is -3.25. The molecule has 0 spiro atoms. The molecular weight excluding hydrogens is 332 g/mol. The van der Waals surface area contributed by atoms with Crippen molar-refractivity contribution in [2.45, 2.75) is 19.5 Å². The molecule has 0 amide bonds. The maximum Gasteiger partial charge on any atom is 0.218 e. The molecule has 0 saturated carbocycles. The smallest absolute Gasteiger partial charge is 0.218 e. The highest BCUT2D eigenvalue weighted by Crippen LogP contribution is 2.26. The fraction of sp³-hybridized carbons (Fsp3) is 0.500. The monoisotopic (exact) mass is 352 g/mol. The van der Waals surface area contributed by atoms with E-state index in [1.807, 2.05) is 4.57 Å². The van der Waals surface area contributed by atoms with Crippen LogP contribution < -0.4 is 14.4 Å². The molecule has 9 nitrogen and oxygen atoms in total. The van der Waals surface area contributed by atoms with Gasteiger partial charge in [-0.15, -0.1) is 0 Å². The largest absolute Gasteiger partial charge is 0.481 e. The second kappa shape index (κ2) is 6.73. The van der Waals surface area contributed by atoms with Gasteiger partial charge in [-0.05, 0) is 6.92 Å². The standard InChI is InChI=1S/C14H20N6O3S/c1-3-24(21,22)18-6-12-8-19(7-11-5-15-10-20(11)12)13-4-14(23-2)17-9-16-13/h4-5,9-10,12,18H,3,6-8H2,1-2H3/t12-/m0/s1. The van der Waals surface area contributed by atoms with Crippen LogP contribution in [-0.2, 0) is 16.6 Å². The molecule has 1 aliphatic rings. The molecule has 2 aromatic heterocycles. The van der Waals surface area contributed by atoms with Crippen molar-refractivity contribution < 1.29 is 13.2 Å². The van der Waals surface area contributed by atoms with Gasteiger partial charge in [0.25, 0.3) is 0 Å². The Morgan fingerprint density at radius 3 is 3.00 bits per heavy atom. The molecule has 0 radical (unpaired) electrons. The predicted molar refractivity (Wildman–Crippen MR) is 88.4 cm³/mol. The van der Waals surface area contributed by atoms with Crippen LogP contribution in [0.4, 0.5) is 5.82 Å². The zero-order chi connectivity index (χ0) is 17.2. The highest BCUT2D eigenvalue weighted by Gasteiger charge is 2.27. The molecule has 1 atom stereocenters. The van der Waals surface area contributed by atoms with Gasteiger partial charge in [0.2, 0.25) is 15.9 Å². The fourth-order valence-electron chi connectivity index (χ4n) is 2.66. The van der Waals surface area contributed by atoms with Crippen molar-refractivity contribution in [2.75, 3.05) is 30.9 Å². The van der Waals surface area contributed by atoms with Gasteiger partial charge >= 0.3 is 0 Å². The van der Waals surface area contributed by atoms with Gasteiger partial charge in [0.1, 0.15) is 12.1 Å². The number of ether oxygens (including phenoxy) is 1. The summed E-state index contributed by atoms with van der Waals surface area (Å²) in [6, 6.07) is 1.69. The Bertz CT molecular complexity index is 806. The first kappa shape index (κ1) is 16.7. The SMILES string of the molecule is CCS(=O)(=O)NC[C@H]1CN(c2cc(OC)ncn2)Cc2cncn21. The molecule has 130 valence electrons. The zero-order valence-corrected chi connectivity index (χ0v) is 14.4. The molecule has 3 heterocycles. The quantitative estimate of drug-likeness (QED) is 0.791. The average Bonchev–Trinajstić information content (AvgIpc) is 3.08. The number of nitrogens with zero attached hydrogens (tertiary/aromatic N) is 5. The number of imidazole rings is 1. The number of fused-ring (bicyclic) bond motifs is 1. The Labute approximate surface area is 140 Å². The molecule has 2 aromatic rings. The van der Waals surface area contributed by atoms with Crippen molar-refractivity contribution in [2.24, 2.45) is 0 Å². The number of anilines is 1. The van der Waals surface area contributed by atoms with Crippen LogP contribution in [0.5, 0.6) is 5.88 Å². The van der Waals surface area contributed by atoms with E-state index < -0.39 is 10.0 Å². The first-order valence-electron chi connectivity index (χ1n) is 7.61. The van der Waals surface area contributed by atoms with E-state index in [4.69, 9.17) is 4.74 Å². The Morgan fingerprint density at radius 1 is 1.42 bits per heavy atom. The zero-order valence-electron chi connectivity index (χ0n) is 13.6. The number of sulfonamides is 1. The first-order chi connectivity index (χ1) is 11.5. The van der Waals surface area contributed by atoms with Gasteiger partial charge in [0.15, 0.2) is 0 Å². The van der Waals surface area contributed by atoms with Crippen LogP contribution in [0.3, 0.4) is 0 Å². The Hall–Kier alpha value is -2.20. The lowest BCUT2D eigenvalue weighted by atomic mass is 10.2. The molecule has 0 saturated heterocycles. The lowest BCUT2D eigenvalue weighted by Gasteiger charge is -2.35. The van der Waals surface area contributed by atoms with Crippen LogP contribution in [0.15, 0.2) is 24.9 Å². The maximum atomic E-state index is 11.7. The van der Waals surface area contributed by atoms with E-state index in [-0.39, 0.29) is 11.8 Å². The lowest BCUT2D eigenvalue weighted by Crippen LogP contribution is -2.43. The van der Waals surface area contributed by atoms with Crippen LogP contribution in [0.1, 0.15) is 18.7 Å². The van der Waals surface area contributed by atoms with E-state index in [1.54, 1.807) is 32.6 Å². The minimum absolute atomic E-state index is 0.0589. The summed E-state index contributed by atoms with van der Waals surface area (Å²) in [6.45, 7) is 3.16. The number of nitrogens with one attached hydrogen (secondary N) is 1. The van der Waals surface area contributed by atoms with E-state index in [2.05, 4.69) is 24.6 Å². The van der Waals surface area contributed by atoms with Crippen LogP contribution in [0, 0.1) is 0 Å². The summed E-state index contributed by atoms with van der Waals surface area (Å²) in [5, 5.41) is 0. The molecule has 1 aliphatic heterocycles. The summed E-state index contributed by atoms with van der Waals surface area (Å²) >= 11 is 0. The first-order valence-corrected chi connectivity index (χ1v) is 9.26. The van der Waals surface area contributed by atoms with Crippen molar-refractivity contribution in [1.82, 2.24) is 24.2 Å². The topological polar surface area (TPSA) is 102 Å². The molecule has 24 heavy (non-hydrogen) atoms. The van der Waals surface area contributed by atoms with Crippen LogP contribution in [0.2, 0.25) is 0 Å². The van der Waals surface area contributed by atoms with Gasteiger partial charge in [-0.25, -0.2) is 28.1 Å². The second-order valence-electron chi connectivity index (χ2n) is 5.50. The summed E-state index contributed by atoms with van der Waals surface area (Å²) < 4.78 is 33.3. The number of hydrogen-bond acceptors (Lipinski definition) is 7. The van der Waals surface area contributed by atoms with E-state index in [1.165, 1.54) is 6.33 Å². The van der Waals surface area contributed by atoms with Crippen molar-refractivity contribution in [1.29, 1.82) is 0 Å². The van der Waals surface area contributed by atoms with Crippen LogP contribution >= 0.6 is 0 Å². The van der Waals surface area contributed by atoms with Crippen molar-refractivity contribution in [3.63, 3.8) is 0 Å². The summed E-state index contributed by atoms with van der Waals surface area (Å²) in [5.41, 5.74) is 1.000. The normalized spacial score (nSPS) is 17.6. The Morgan fingerprint density at radius 2 is 2.25 bits per heavy atom. The molecule has 0 aliphatic carbocycles. The molecule has 0 aromatic carbocycles. The molecule has 1 N–H and O–H groups in total. The third kappa shape index (κ3) is 3.49. The molecule has 3 rings (SSSR count). The lowest BCUT2D eigenvalue weighted by molar-refractivity contribution is 0.395. The van der Waals surface area contributed by atoms with Gasteiger partial charge < -0.3 is 14.2 Å². The number of hydrogen-bond donors (Lipinski definition) is 1. The summed E-state index contributed by atoms with van der Waals surface area (Å²) in [4.78, 5) is 14.6. The molecule has 10 heteroatoms. The van der Waals surface area contributed by atoms with Crippen LogP contribution in [-0.4, -0.2) is 53.9 Å². The third-order valence-electron chi connectivity index (χ3n) is 4.00. The van der Waals surface area contributed by atoms with Gasteiger partial charge in [-0.2, -0.15) is 0 Å². The highest BCUT2D eigenvalue weighted by molar-refractivity contribution is 7.89. The van der Waals surface area contributed by atoms with Gasteiger partial charge in [-0.1, -0.05) is 0 Å². The second-order valence-corrected chi connectivity index (χ2v) is 7.59. The Balaban J connectivity index is 1.82. The van der Waals surface area contributed by atoms with Gasteiger partial charge in [0.05, 0.1) is 37.5 Å². The van der Waals surface area contributed by atoms with E-state index in [0.29, 0.717) is 25.5 Å². The number of rotatable bonds is 6. The summed E-state index contributed by atoms with van der Waals surface area (Å²) in [5.74, 6) is 1.28. The maximum absolute atomic E-state index is 11.7. The predicted octanol–water partition coefficient (Wildman–Crippen LogP) is 0.182. The van der Waals surface area contributed by atoms with Crippen molar-refractivity contribution in [3.05, 3.63) is 30.6 Å². The summed E-state index contributed by atoms with van der Waals surface area (Å²) in [7, 11) is -1.69. The summed E-state index contributed by atoms with van der Waals surface area (Å²) in [6.07, 6.45) is 4.97.